The van der Waals surface area contributed by atoms with Gasteiger partial charge in [-0.05, 0) is 11.4 Å². The molecule has 2 N–H and O–H groups in total. The van der Waals surface area contributed by atoms with Crippen molar-refractivity contribution < 1.29 is 10.3 Å². The van der Waals surface area contributed by atoms with E-state index in [1.165, 1.54) is 0 Å². The summed E-state index contributed by atoms with van der Waals surface area (Å²) in [5.41, 5.74) is 0.774. The molecular weight excluding hydrogens is 161 g/mol. The number of nitrogens with two attached hydrogens (primary N) is 1. The van der Waals surface area contributed by atoms with E-state index in [1.807, 2.05) is 6.07 Å². The Kier molecular flexibility index (Phi) is 2.71. The predicted molar refractivity (Wildman–Crippen MR) is 45.4 cm³/mol. The van der Waals surface area contributed by atoms with E-state index in [1.54, 1.807) is 18.2 Å². The molecule has 0 fully saturated rings. The fourth-order valence-corrected chi connectivity index (χ4v) is 1.13. The van der Waals surface area contributed by atoms with E-state index in [9.17, 15) is 10.0 Å². The topological polar surface area (TPSA) is 56.7 Å². The van der Waals surface area contributed by atoms with Crippen molar-refractivity contribution >= 4 is 20.5 Å². The van der Waals surface area contributed by atoms with Crippen LogP contribution < -0.4 is 10.8 Å². The highest BCUT2D eigenvalue weighted by atomic mass is 31.0. The summed E-state index contributed by atoms with van der Waals surface area (Å²) in [6.45, 7) is 0. The number of carbonyl (C=O) groups is 1. The molecule has 0 saturated carbocycles. The predicted octanol–water partition coefficient (Wildman–Crippen LogP) is -0.612. The molecule has 58 valence electrons. The molecule has 4 heteroatoms. The van der Waals surface area contributed by atoms with Crippen LogP contribution in [-0.2, 0) is 0 Å². The third-order valence-corrected chi connectivity index (χ3v) is 1.84. The first-order valence-corrected chi connectivity index (χ1v) is 3.67. The first kappa shape index (κ1) is 8.34. The van der Waals surface area contributed by atoms with Crippen LogP contribution >= 0.6 is 9.24 Å². The highest BCUT2D eigenvalue weighted by Crippen LogP contribution is 1.97. The molecule has 1 rings (SSSR count). The lowest BCUT2D eigenvalue weighted by Gasteiger charge is -2.01. The van der Waals surface area contributed by atoms with E-state index < -0.39 is 5.91 Å². The summed E-state index contributed by atoms with van der Waals surface area (Å²) >= 11 is 0. The lowest BCUT2D eigenvalue weighted by molar-refractivity contribution is -0.481. The SMILES string of the molecule is O=C([NH2+][O-])c1ccccc1P. The number of hydrogen-bond donors (Lipinski definition) is 1. The van der Waals surface area contributed by atoms with Crippen LogP contribution in [0.15, 0.2) is 24.3 Å². The molecule has 0 aliphatic rings. The van der Waals surface area contributed by atoms with Crippen LogP contribution in [-0.4, -0.2) is 5.91 Å². The number of amides is 1. The number of quaternary nitrogens is 1. The minimum Gasteiger partial charge on any atom is -0.628 e. The van der Waals surface area contributed by atoms with Gasteiger partial charge in [0.2, 0.25) is 0 Å². The van der Waals surface area contributed by atoms with Crippen molar-refractivity contribution in [3.8, 4) is 0 Å². The van der Waals surface area contributed by atoms with Gasteiger partial charge in [-0.15, -0.1) is 9.24 Å². The van der Waals surface area contributed by atoms with Crippen molar-refractivity contribution in [2.45, 2.75) is 0 Å². The molecule has 0 aliphatic heterocycles. The first-order chi connectivity index (χ1) is 5.25. The Morgan fingerprint density at radius 1 is 1.45 bits per heavy atom. The number of hydroxylamine groups is 1. The normalized spacial score (nSPS) is 9.64. The second-order valence-corrected chi connectivity index (χ2v) is 2.69. The van der Waals surface area contributed by atoms with Crippen LogP contribution in [0.5, 0.6) is 0 Å². The Balaban J connectivity index is 3.03. The van der Waals surface area contributed by atoms with Gasteiger partial charge in [0.1, 0.15) is 0 Å². The Labute approximate surface area is 66.6 Å². The highest BCUT2D eigenvalue weighted by molar-refractivity contribution is 7.27. The fraction of sp³-hybridized carbons (Fsp3) is 0. The molecule has 3 nitrogen and oxygen atoms in total. The molecule has 1 unspecified atom stereocenters. The van der Waals surface area contributed by atoms with Gasteiger partial charge in [0.15, 0.2) is 0 Å². The summed E-state index contributed by atoms with van der Waals surface area (Å²) in [5.74, 6) is -0.476. The second-order valence-electron chi connectivity index (χ2n) is 2.07. The maximum atomic E-state index is 10.9. The summed E-state index contributed by atoms with van der Waals surface area (Å²) in [6.07, 6.45) is 0. The monoisotopic (exact) mass is 169 g/mol. The van der Waals surface area contributed by atoms with Gasteiger partial charge < -0.3 is 10.7 Å². The average molecular weight is 169 g/mol. The summed E-state index contributed by atoms with van der Waals surface area (Å²) in [7, 11) is 2.40. The molecule has 0 bridgehead atoms. The van der Waals surface area contributed by atoms with Gasteiger partial charge >= 0.3 is 5.91 Å². The summed E-state index contributed by atoms with van der Waals surface area (Å²) in [4.78, 5) is 10.9. The van der Waals surface area contributed by atoms with Crippen molar-refractivity contribution in [3.05, 3.63) is 35.0 Å². The van der Waals surface area contributed by atoms with Crippen LogP contribution in [0, 0.1) is 5.21 Å². The lowest BCUT2D eigenvalue weighted by Crippen LogP contribution is -2.82. The molecule has 0 aromatic heterocycles. The number of rotatable bonds is 1. The molecule has 1 aromatic carbocycles. The quantitative estimate of drug-likeness (QED) is 0.450. The van der Waals surface area contributed by atoms with Crippen molar-refractivity contribution in [2.75, 3.05) is 0 Å². The molecule has 1 aromatic rings. The van der Waals surface area contributed by atoms with Crippen molar-refractivity contribution in [2.24, 2.45) is 0 Å². The number of primary amides is 1. The lowest BCUT2D eigenvalue weighted by atomic mass is 10.2. The molecule has 0 aliphatic carbocycles. The van der Waals surface area contributed by atoms with Crippen LogP contribution in [0.25, 0.3) is 0 Å². The fourth-order valence-electron chi connectivity index (χ4n) is 0.785. The van der Waals surface area contributed by atoms with Gasteiger partial charge in [-0.25, -0.2) is 4.79 Å². The first-order valence-electron chi connectivity index (χ1n) is 3.09. The number of benzene rings is 1. The third kappa shape index (κ3) is 1.84. The zero-order valence-corrected chi connectivity index (χ0v) is 6.94. The van der Waals surface area contributed by atoms with Crippen LogP contribution in [0.2, 0.25) is 0 Å². The largest absolute Gasteiger partial charge is 0.628 e. The molecule has 1 amide bonds. The summed E-state index contributed by atoms with van der Waals surface area (Å²) in [6, 6.07) is 6.93. The van der Waals surface area contributed by atoms with Gasteiger partial charge in [0, 0.05) is 0 Å². The Morgan fingerprint density at radius 2 is 2.09 bits per heavy atom. The minimum absolute atomic E-state index is 0.322. The Morgan fingerprint density at radius 3 is 2.64 bits per heavy atom. The van der Waals surface area contributed by atoms with Crippen molar-refractivity contribution in [1.29, 1.82) is 0 Å². The molecule has 0 saturated heterocycles. The molecule has 1 atom stereocenters. The van der Waals surface area contributed by atoms with Crippen LogP contribution in [0.4, 0.5) is 0 Å². The van der Waals surface area contributed by atoms with Gasteiger partial charge in [-0.1, -0.05) is 18.2 Å². The van der Waals surface area contributed by atoms with Gasteiger partial charge in [0.25, 0.3) is 0 Å². The Hall–Kier alpha value is -0.760. The minimum atomic E-state index is -0.476. The zero-order valence-electron chi connectivity index (χ0n) is 5.78. The molecule has 11 heavy (non-hydrogen) atoms. The standard InChI is InChI=1S/C7H8NO2P/c9-7(8-10)5-3-1-2-4-6(5)11/h1-4H,8,11H2. The third-order valence-electron chi connectivity index (χ3n) is 1.33. The summed E-state index contributed by atoms with van der Waals surface area (Å²) in [5, 5.41) is 10.9. The summed E-state index contributed by atoms with van der Waals surface area (Å²) < 4.78 is 0. The van der Waals surface area contributed by atoms with E-state index in [-0.39, 0.29) is 0 Å². The van der Waals surface area contributed by atoms with Gasteiger partial charge in [-0.3, -0.25) is 0 Å². The second kappa shape index (κ2) is 3.58. The van der Waals surface area contributed by atoms with E-state index >= 15 is 0 Å². The van der Waals surface area contributed by atoms with Crippen molar-refractivity contribution in [3.63, 3.8) is 0 Å². The zero-order chi connectivity index (χ0) is 8.27. The molecular formula is C7H8NO2P. The Bertz CT molecular complexity index is 275. The van der Waals surface area contributed by atoms with Crippen molar-refractivity contribution in [1.82, 2.24) is 0 Å². The van der Waals surface area contributed by atoms with E-state index in [2.05, 4.69) is 9.24 Å². The van der Waals surface area contributed by atoms with Gasteiger partial charge in [-0.2, -0.15) is 0 Å². The molecule has 0 heterocycles. The average Bonchev–Trinajstić information content (AvgIpc) is 2.04. The maximum Gasteiger partial charge on any atom is 0.343 e. The van der Waals surface area contributed by atoms with E-state index in [0.29, 0.717) is 11.0 Å². The maximum absolute atomic E-state index is 10.9. The number of hydrogen-bond acceptors (Lipinski definition) is 2. The van der Waals surface area contributed by atoms with E-state index in [4.69, 9.17) is 0 Å². The highest BCUT2D eigenvalue weighted by Gasteiger charge is 2.06. The smallest absolute Gasteiger partial charge is 0.343 e. The number of carbonyl (C=O) groups excluding carboxylic acids is 1. The van der Waals surface area contributed by atoms with Gasteiger partial charge in [0.05, 0.1) is 5.56 Å². The molecule has 0 spiro atoms. The van der Waals surface area contributed by atoms with E-state index in [0.717, 1.165) is 5.30 Å². The van der Waals surface area contributed by atoms with Crippen LogP contribution in [0.1, 0.15) is 10.4 Å². The molecule has 0 radical (unpaired) electrons. The van der Waals surface area contributed by atoms with Crippen LogP contribution in [0.3, 0.4) is 0 Å².